The normalized spacial score (nSPS) is 27.6. The molecule has 4 heteroatoms. The lowest BCUT2D eigenvalue weighted by Crippen LogP contribution is -2.35. The number of rotatable bonds is 2. The van der Waals surface area contributed by atoms with E-state index in [0.717, 1.165) is 19.6 Å². The highest BCUT2D eigenvalue weighted by Gasteiger charge is 2.24. The van der Waals surface area contributed by atoms with Crippen LogP contribution in [0.25, 0.3) is 0 Å². The van der Waals surface area contributed by atoms with E-state index in [1.165, 1.54) is 0 Å². The molecule has 0 aromatic carbocycles. The second-order valence-corrected chi connectivity index (χ2v) is 4.40. The second kappa shape index (κ2) is 12.8. The van der Waals surface area contributed by atoms with Gasteiger partial charge < -0.3 is 18.9 Å². The fourth-order valence-corrected chi connectivity index (χ4v) is 1.86. The zero-order chi connectivity index (χ0) is 16.1. The third kappa shape index (κ3) is 8.90. The first kappa shape index (κ1) is 20.1. The SMILES string of the molecule is CC.CC#CCC1O[C@H](C)C=C[C@@H]1OC.CC1OCCO1. The summed E-state index contributed by atoms with van der Waals surface area (Å²) >= 11 is 0. The van der Waals surface area contributed by atoms with E-state index in [-0.39, 0.29) is 24.6 Å². The predicted molar refractivity (Wildman–Crippen MR) is 85.1 cm³/mol. The lowest BCUT2D eigenvalue weighted by Gasteiger charge is -2.28. The Labute approximate surface area is 129 Å². The quantitative estimate of drug-likeness (QED) is 0.579. The molecule has 0 aromatic heterocycles. The van der Waals surface area contributed by atoms with Crippen molar-refractivity contribution in [3.05, 3.63) is 12.2 Å². The highest BCUT2D eigenvalue weighted by Crippen LogP contribution is 2.17. The molecule has 2 aliphatic heterocycles. The monoisotopic (exact) mass is 298 g/mol. The van der Waals surface area contributed by atoms with Gasteiger partial charge in [-0.05, 0) is 20.8 Å². The van der Waals surface area contributed by atoms with Gasteiger partial charge in [0, 0.05) is 13.5 Å². The number of ether oxygens (including phenoxy) is 4. The first-order valence-electron chi connectivity index (χ1n) is 7.66. The van der Waals surface area contributed by atoms with Crippen LogP contribution in [-0.4, -0.2) is 44.9 Å². The van der Waals surface area contributed by atoms with Crippen molar-refractivity contribution < 1.29 is 18.9 Å². The van der Waals surface area contributed by atoms with Crippen LogP contribution in [0, 0.1) is 11.8 Å². The van der Waals surface area contributed by atoms with Crippen LogP contribution in [0.1, 0.15) is 41.0 Å². The highest BCUT2D eigenvalue weighted by atomic mass is 16.7. The molecular formula is C17H30O4. The molecule has 0 saturated carbocycles. The Morgan fingerprint density at radius 1 is 1.14 bits per heavy atom. The lowest BCUT2D eigenvalue weighted by molar-refractivity contribution is -0.0612. The molecule has 0 N–H and O–H groups in total. The molecule has 2 aliphatic rings. The average molecular weight is 298 g/mol. The Hall–Kier alpha value is -0.860. The van der Waals surface area contributed by atoms with E-state index in [9.17, 15) is 0 Å². The maximum atomic E-state index is 5.68. The van der Waals surface area contributed by atoms with Crippen molar-refractivity contribution in [1.29, 1.82) is 0 Å². The van der Waals surface area contributed by atoms with Crippen LogP contribution in [0.5, 0.6) is 0 Å². The van der Waals surface area contributed by atoms with E-state index >= 15 is 0 Å². The van der Waals surface area contributed by atoms with Gasteiger partial charge in [0.05, 0.1) is 25.4 Å². The van der Waals surface area contributed by atoms with Crippen molar-refractivity contribution in [3.8, 4) is 11.8 Å². The molecule has 0 spiro atoms. The standard InChI is InChI=1S/C11H16O2.C4H8O2.C2H6/c1-4-5-6-11-10(12-3)8-7-9(2)13-11;1-4-5-2-3-6-4;1-2/h7-11H,6H2,1-3H3;4H,2-3H2,1H3;1-2H3/t9-,10+,11?;;/m1../s1. The maximum Gasteiger partial charge on any atom is 0.155 e. The molecule has 122 valence electrons. The molecule has 0 aliphatic carbocycles. The van der Waals surface area contributed by atoms with Crippen LogP contribution in [0.2, 0.25) is 0 Å². The molecule has 0 radical (unpaired) electrons. The number of hydrogen-bond acceptors (Lipinski definition) is 4. The van der Waals surface area contributed by atoms with Crippen LogP contribution >= 0.6 is 0 Å². The Morgan fingerprint density at radius 3 is 2.19 bits per heavy atom. The van der Waals surface area contributed by atoms with Gasteiger partial charge in [0.1, 0.15) is 6.10 Å². The molecule has 1 fully saturated rings. The largest absolute Gasteiger partial charge is 0.375 e. The van der Waals surface area contributed by atoms with E-state index in [2.05, 4.69) is 17.9 Å². The minimum atomic E-state index is 0.0463. The topological polar surface area (TPSA) is 36.9 Å². The Morgan fingerprint density at radius 2 is 1.76 bits per heavy atom. The van der Waals surface area contributed by atoms with Gasteiger partial charge in [0.2, 0.25) is 0 Å². The van der Waals surface area contributed by atoms with Gasteiger partial charge in [-0.3, -0.25) is 0 Å². The molecule has 2 heterocycles. The molecule has 0 bridgehead atoms. The summed E-state index contributed by atoms with van der Waals surface area (Å²) in [6, 6.07) is 0. The molecule has 2 rings (SSSR count). The van der Waals surface area contributed by atoms with Crippen LogP contribution in [-0.2, 0) is 18.9 Å². The molecule has 0 amide bonds. The summed E-state index contributed by atoms with van der Waals surface area (Å²) in [5.74, 6) is 5.88. The third-order valence-corrected chi connectivity index (χ3v) is 2.87. The summed E-state index contributed by atoms with van der Waals surface area (Å²) in [7, 11) is 1.70. The lowest BCUT2D eigenvalue weighted by atomic mass is 10.1. The van der Waals surface area contributed by atoms with Crippen molar-refractivity contribution in [2.75, 3.05) is 20.3 Å². The van der Waals surface area contributed by atoms with Crippen molar-refractivity contribution in [2.45, 2.75) is 65.6 Å². The van der Waals surface area contributed by atoms with Crippen molar-refractivity contribution in [1.82, 2.24) is 0 Å². The summed E-state index contributed by atoms with van der Waals surface area (Å²) in [4.78, 5) is 0. The summed E-state index contributed by atoms with van der Waals surface area (Å²) in [6.45, 7) is 11.3. The summed E-state index contributed by atoms with van der Waals surface area (Å²) in [5, 5.41) is 0. The van der Waals surface area contributed by atoms with Gasteiger partial charge >= 0.3 is 0 Å². The average Bonchev–Trinajstić information content (AvgIpc) is 2.99. The minimum Gasteiger partial charge on any atom is -0.375 e. The fourth-order valence-electron chi connectivity index (χ4n) is 1.86. The summed E-state index contributed by atoms with van der Waals surface area (Å²) < 4.78 is 20.8. The smallest absolute Gasteiger partial charge is 0.155 e. The first-order valence-corrected chi connectivity index (χ1v) is 7.66. The molecular weight excluding hydrogens is 268 g/mol. The van der Waals surface area contributed by atoms with Crippen LogP contribution < -0.4 is 0 Å². The van der Waals surface area contributed by atoms with E-state index in [0.29, 0.717) is 0 Å². The van der Waals surface area contributed by atoms with E-state index in [1.807, 2.05) is 40.7 Å². The summed E-state index contributed by atoms with van der Waals surface area (Å²) in [5.41, 5.74) is 0. The minimum absolute atomic E-state index is 0.0463. The van der Waals surface area contributed by atoms with Crippen molar-refractivity contribution >= 4 is 0 Å². The van der Waals surface area contributed by atoms with Crippen molar-refractivity contribution in [3.63, 3.8) is 0 Å². The van der Waals surface area contributed by atoms with Crippen LogP contribution in [0.4, 0.5) is 0 Å². The Balaban J connectivity index is 0.000000416. The van der Waals surface area contributed by atoms with Gasteiger partial charge in [-0.15, -0.1) is 11.8 Å². The highest BCUT2D eigenvalue weighted by molar-refractivity contribution is 5.06. The predicted octanol–water partition coefficient (Wildman–Crippen LogP) is 3.16. The Bertz CT molecular complexity index is 323. The van der Waals surface area contributed by atoms with E-state index in [1.54, 1.807) is 7.11 Å². The summed E-state index contributed by atoms with van der Waals surface area (Å²) in [6.07, 6.45) is 5.17. The van der Waals surface area contributed by atoms with Gasteiger partial charge in [-0.25, -0.2) is 0 Å². The second-order valence-electron chi connectivity index (χ2n) is 4.40. The molecule has 1 saturated heterocycles. The van der Waals surface area contributed by atoms with Gasteiger partial charge in [-0.1, -0.05) is 26.0 Å². The molecule has 0 aromatic rings. The number of methoxy groups -OCH3 is 1. The molecule has 4 nitrogen and oxygen atoms in total. The molecule has 1 unspecified atom stereocenters. The Kier molecular flexibility index (Phi) is 12.3. The first-order chi connectivity index (χ1) is 10.2. The van der Waals surface area contributed by atoms with Crippen molar-refractivity contribution in [2.24, 2.45) is 0 Å². The maximum absolute atomic E-state index is 5.68. The van der Waals surface area contributed by atoms with Crippen LogP contribution in [0.3, 0.4) is 0 Å². The zero-order valence-corrected chi connectivity index (χ0v) is 14.2. The van der Waals surface area contributed by atoms with Crippen LogP contribution in [0.15, 0.2) is 12.2 Å². The van der Waals surface area contributed by atoms with Gasteiger partial charge in [0.15, 0.2) is 6.29 Å². The van der Waals surface area contributed by atoms with Gasteiger partial charge in [-0.2, -0.15) is 0 Å². The zero-order valence-electron chi connectivity index (χ0n) is 14.2. The molecule has 3 atom stereocenters. The third-order valence-electron chi connectivity index (χ3n) is 2.87. The van der Waals surface area contributed by atoms with E-state index < -0.39 is 0 Å². The van der Waals surface area contributed by atoms with Gasteiger partial charge in [0.25, 0.3) is 0 Å². The van der Waals surface area contributed by atoms with E-state index in [4.69, 9.17) is 18.9 Å². The number of hydrogen-bond donors (Lipinski definition) is 0. The fraction of sp³-hybridized carbons (Fsp3) is 0.765. The molecule has 21 heavy (non-hydrogen) atoms.